The van der Waals surface area contributed by atoms with Crippen LogP contribution in [0.25, 0.3) is 89.1 Å². The molecule has 4 nitrogen and oxygen atoms in total. The standard InChI is InChI=1S/C65H54N3OP/c1-70(2,69)61-58-19-11-9-17-56(58)60(57-18-10-12-20-59(57)61)48-29-33-52(34-30-48)65(54-38-42-37-43(40-54)41-55(65)39-42)53-35-31-51(32-36-53)64-67-62(49-25-21-46(22-26-49)44-13-5-3-6-14-44)66-63(68-64)50-27-23-47(24-28-50)45-15-7-4-8-16-45/h3-36,42-43,54-55H,37-41H2,1-2H3. The van der Waals surface area contributed by atoms with Crippen LogP contribution in [0.1, 0.15) is 43.2 Å². The second-order valence-electron chi connectivity index (χ2n) is 20.7. The Labute approximate surface area is 411 Å². The van der Waals surface area contributed by atoms with E-state index in [4.69, 9.17) is 15.0 Å². The Morgan fingerprint density at radius 3 is 1.06 bits per heavy atom. The highest BCUT2D eigenvalue weighted by atomic mass is 31.2. The number of fused-ring (bicyclic) bond motifs is 2. The van der Waals surface area contributed by atoms with Crippen LogP contribution < -0.4 is 5.30 Å². The summed E-state index contributed by atoms with van der Waals surface area (Å²) in [5, 5.41) is 5.47. The molecule has 9 aromatic carbocycles. The van der Waals surface area contributed by atoms with E-state index >= 15 is 0 Å². The predicted molar refractivity (Wildman–Crippen MR) is 291 cm³/mol. The fraction of sp³-hybridized carbons (Fsp3) is 0.185. The highest BCUT2D eigenvalue weighted by Gasteiger charge is 2.58. The minimum absolute atomic E-state index is 0.0913. The molecule has 10 aromatic rings. The number of rotatable bonds is 9. The van der Waals surface area contributed by atoms with Crippen LogP contribution >= 0.6 is 7.14 Å². The lowest BCUT2D eigenvalue weighted by molar-refractivity contribution is -0.0418. The third-order valence-electron chi connectivity index (χ3n) is 16.3. The van der Waals surface area contributed by atoms with Crippen molar-refractivity contribution in [3.63, 3.8) is 0 Å². The van der Waals surface area contributed by atoms with Crippen molar-refractivity contribution in [1.82, 2.24) is 15.0 Å². The van der Waals surface area contributed by atoms with Crippen LogP contribution in [0, 0.1) is 23.7 Å². The Morgan fingerprint density at radius 2 is 0.671 bits per heavy atom. The third-order valence-corrected chi connectivity index (χ3v) is 17.8. The maximum atomic E-state index is 13.9. The normalized spacial score (nSPS) is 20.5. The molecule has 70 heavy (non-hydrogen) atoms. The average molecular weight is 924 g/mol. The monoisotopic (exact) mass is 923 g/mol. The van der Waals surface area contributed by atoms with Gasteiger partial charge in [0.25, 0.3) is 0 Å². The summed E-state index contributed by atoms with van der Waals surface area (Å²) in [6, 6.07) is 74.3. The summed E-state index contributed by atoms with van der Waals surface area (Å²) in [7, 11) is -2.59. The lowest BCUT2D eigenvalue weighted by atomic mass is 9.42. The molecule has 1 heterocycles. The molecule has 4 bridgehead atoms. The summed E-state index contributed by atoms with van der Waals surface area (Å²) >= 11 is 0. The molecule has 4 fully saturated rings. The molecule has 0 unspecified atom stereocenters. The Hall–Kier alpha value is -7.26. The van der Waals surface area contributed by atoms with Gasteiger partial charge in [-0.1, -0.05) is 206 Å². The van der Waals surface area contributed by atoms with E-state index < -0.39 is 7.14 Å². The van der Waals surface area contributed by atoms with Crippen molar-refractivity contribution in [3.8, 4) is 67.5 Å². The van der Waals surface area contributed by atoms with E-state index in [0.717, 1.165) is 66.5 Å². The number of benzene rings is 9. The van der Waals surface area contributed by atoms with Gasteiger partial charge in [-0.2, -0.15) is 0 Å². The van der Waals surface area contributed by atoms with E-state index in [1.54, 1.807) is 0 Å². The van der Waals surface area contributed by atoms with Crippen molar-refractivity contribution in [3.05, 3.63) is 217 Å². The molecule has 0 amide bonds. The van der Waals surface area contributed by atoms with Crippen LogP contribution in [-0.4, -0.2) is 28.3 Å². The molecule has 1 aromatic heterocycles. The molecule has 0 atom stereocenters. The Morgan fingerprint density at radius 1 is 0.357 bits per heavy atom. The van der Waals surface area contributed by atoms with Crippen molar-refractivity contribution in [2.45, 2.75) is 37.5 Å². The summed E-state index contributed by atoms with van der Waals surface area (Å²) in [5.41, 5.74) is 12.7. The highest BCUT2D eigenvalue weighted by molar-refractivity contribution is 7.71. The summed E-state index contributed by atoms with van der Waals surface area (Å²) < 4.78 is 13.9. The molecule has 0 spiro atoms. The fourth-order valence-electron chi connectivity index (χ4n) is 13.5. The van der Waals surface area contributed by atoms with E-state index in [1.807, 2.05) is 13.3 Å². The highest BCUT2D eigenvalue weighted by Crippen LogP contribution is 2.65. The molecule has 4 aliphatic carbocycles. The van der Waals surface area contributed by atoms with Crippen molar-refractivity contribution in [2.24, 2.45) is 23.7 Å². The topological polar surface area (TPSA) is 55.7 Å². The molecule has 0 aliphatic heterocycles. The molecule has 4 saturated carbocycles. The quantitative estimate of drug-likeness (QED) is 0.107. The molecular formula is C65H54N3OP. The zero-order valence-corrected chi connectivity index (χ0v) is 40.6. The lowest BCUT2D eigenvalue weighted by Gasteiger charge is -2.62. The minimum atomic E-state index is -2.59. The lowest BCUT2D eigenvalue weighted by Crippen LogP contribution is -2.56. The number of hydrogen-bond donors (Lipinski definition) is 0. The first-order valence-corrected chi connectivity index (χ1v) is 27.7. The van der Waals surface area contributed by atoms with Gasteiger partial charge in [-0.05, 0) is 135 Å². The molecule has 340 valence electrons. The molecule has 4 aliphatic rings. The summed E-state index contributed by atoms with van der Waals surface area (Å²) in [5.74, 6) is 4.79. The Bertz CT molecular complexity index is 3430. The van der Waals surface area contributed by atoms with Crippen LogP contribution in [0.4, 0.5) is 0 Å². The van der Waals surface area contributed by atoms with E-state index in [1.165, 1.54) is 65.5 Å². The number of hydrogen-bond acceptors (Lipinski definition) is 4. The largest absolute Gasteiger partial charge is 0.319 e. The maximum Gasteiger partial charge on any atom is 0.164 e. The first kappa shape index (κ1) is 42.8. The van der Waals surface area contributed by atoms with Crippen molar-refractivity contribution in [2.75, 3.05) is 13.3 Å². The smallest absolute Gasteiger partial charge is 0.164 e. The van der Waals surface area contributed by atoms with Gasteiger partial charge in [0.2, 0.25) is 0 Å². The van der Waals surface area contributed by atoms with Crippen LogP contribution in [0.3, 0.4) is 0 Å². The van der Waals surface area contributed by atoms with Gasteiger partial charge in [-0.3, -0.25) is 0 Å². The van der Waals surface area contributed by atoms with Crippen LogP contribution in [-0.2, 0) is 9.98 Å². The predicted octanol–water partition coefficient (Wildman–Crippen LogP) is 16.2. The van der Waals surface area contributed by atoms with Gasteiger partial charge < -0.3 is 4.57 Å². The first-order chi connectivity index (χ1) is 34.3. The summed E-state index contributed by atoms with van der Waals surface area (Å²) in [6.07, 6.45) is 6.54. The third kappa shape index (κ3) is 7.26. The molecule has 14 rings (SSSR count). The zero-order chi connectivity index (χ0) is 47.0. The van der Waals surface area contributed by atoms with Gasteiger partial charge in [0.1, 0.15) is 7.14 Å². The van der Waals surface area contributed by atoms with Gasteiger partial charge in [0, 0.05) is 27.4 Å². The average Bonchev–Trinajstić information content (AvgIpc) is 3.40. The van der Waals surface area contributed by atoms with Gasteiger partial charge in [-0.25, -0.2) is 15.0 Å². The first-order valence-electron chi connectivity index (χ1n) is 25.1. The van der Waals surface area contributed by atoms with Gasteiger partial charge in [0.05, 0.1) is 0 Å². The van der Waals surface area contributed by atoms with E-state index in [-0.39, 0.29) is 5.41 Å². The van der Waals surface area contributed by atoms with Crippen molar-refractivity contribution in [1.29, 1.82) is 0 Å². The van der Waals surface area contributed by atoms with Gasteiger partial charge >= 0.3 is 0 Å². The molecule has 0 radical (unpaired) electrons. The van der Waals surface area contributed by atoms with Gasteiger partial charge in [-0.15, -0.1) is 0 Å². The minimum Gasteiger partial charge on any atom is -0.319 e. The van der Waals surface area contributed by atoms with Crippen LogP contribution in [0.15, 0.2) is 206 Å². The Kier molecular flexibility index (Phi) is 10.4. The maximum absolute atomic E-state index is 13.9. The van der Waals surface area contributed by atoms with E-state index in [0.29, 0.717) is 29.3 Å². The van der Waals surface area contributed by atoms with Crippen LogP contribution in [0.2, 0.25) is 0 Å². The molecule has 5 heteroatoms. The summed E-state index contributed by atoms with van der Waals surface area (Å²) in [6.45, 7) is 3.81. The number of nitrogens with zero attached hydrogens (tertiary/aromatic N) is 3. The SMILES string of the molecule is CP(C)(=O)c1c2ccccc2c(-c2ccc(C3(c4ccc(-c5nc(-c6ccc(-c7ccccc7)cc6)nc(-c6ccc(-c7ccccc7)cc6)n5)cc4)C4CC5CC(C4)CC3C5)cc2)c2ccccc12. The summed E-state index contributed by atoms with van der Waals surface area (Å²) in [4.78, 5) is 15.6. The van der Waals surface area contributed by atoms with Crippen molar-refractivity contribution >= 4 is 34.0 Å². The Balaban J connectivity index is 0.908. The fourth-order valence-corrected chi connectivity index (χ4v) is 15.0. The second-order valence-corrected chi connectivity index (χ2v) is 23.8. The second kappa shape index (κ2) is 17.0. The molecular weight excluding hydrogens is 870 g/mol. The zero-order valence-electron chi connectivity index (χ0n) is 39.7. The van der Waals surface area contributed by atoms with E-state index in [9.17, 15) is 4.57 Å². The molecule has 0 N–H and O–H groups in total. The van der Waals surface area contributed by atoms with Crippen LogP contribution in [0.5, 0.6) is 0 Å². The van der Waals surface area contributed by atoms with Gasteiger partial charge in [0.15, 0.2) is 17.5 Å². The number of aromatic nitrogens is 3. The van der Waals surface area contributed by atoms with E-state index in [2.05, 4.69) is 206 Å². The van der Waals surface area contributed by atoms with Crippen molar-refractivity contribution < 1.29 is 4.57 Å². The molecule has 0 saturated heterocycles.